The summed E-state index contributed by atoms with van der Waals surface area (Å²) in [6, 6.07) is 0. The lowest BCUT2D eigenvalue weighted by molar-refractivity contribution is -0.0325. The van der Waals surface area contributed by atoms with Crippen molar-refractivity contribution in [1.29, 1.82) is 0 Å². The Kier molecular flexibility index (Phi) is 6.58. The van der Waals surface area contributed by atoms with Gasteiger partial charge in [-0.15, -0.1) is 0 Å². The van der Waals surface area contributed by atoms with Gasteiger partial charge in [-0.25, -0.2) is 0 Å². The molecule has 0 amide bonds. The van der Waals surface area contributed by atoms with E-state index in [0.29, 0.717) is 22.7 Å². The fourth-order valence-electron chi connectivity index (χ4n) is 5.84. The lowest BCUT2D eigenvalue weighted by atomic mass is 9.59. The van der Waals surface area contributed by atoms with E-state index in [-0.39, 0.29) is 12.2 Å². The van der Waals surface area contributed by atoms with Crippen molar-refractivity contribution in [3.05, 3.63) is 0 Å². The molecule has 0 aromatic carbocycles. The molecule has 0 aromatic rings. The number of hydrogen-bond donors (Lipinski definition) is 2. The Labute approximate surface area is 144 Å². The maximum absolute atomic E-state index is 10.8. The van der Waals surface area contributed by atoms with Crippen molar-refractivity contribution in [2.45, 2.75) is 111 Å². The minimum Gasteiger partial charge on any atom is -0.393 e. The van der Waals surface area contributed by atoms with Crippen LogP contribution in [0.4, 0.5) is 0 Å². The van der Waals surface area contributed by atoms with Gasteiger partial charge in [-0.3, -0.25) is 0 Å². The van der Waals surface area contributed by atoms with Crippen LogP contribution >= 0.6 is 0 Å². The summed E-state index contributed by atoms with van der Waals surface area (Å²) >= 11 is 0. The number of hydrogen-bond acceptors (Lipinski definition) is 2. The molecule has 136 valence electrons. The molecule has 2 fully saturated rings. The largest absolute Gasteiger partial charge is 0.393 e. The summed E-state index contributed by atoms with van der Waals surface area (Å²) in [7, 11) is 0. The minimum absolute atomic E-state index is 0.143. The highest BCUT2D eigenvalue weighted by atomic mass is 16.3. The van der Waals surface area contributed by atoms with Gasteiger partial charge in [0.1, 0.15) is 0 Å². The molecule has 0 bridgehead atoms. The van der Waals surface area contributed by atoms with E-state index in [9.17, 15) is 10.2 Å². The van der Waals surface area contributed by atoms with Crippen molar-refractivity contribution in [2.75, 3.05) is 0 Å². The number of aliphatic hydroxyl groups excluding tert-OH is 2. The Hall–Kier alpha value is -0.0800. The van der Waals surface area contributed by atoms with E-state index >= 15 is 0 Å². The topological polar surface area (TPSA) is 40.5 Å². The molecule has 6 atom stereocenters. The predicted molar refractivity (Wildman–Crippen MR) is 97.3 cm³/mol. The molecule has 2 aliphatic carbocycles. The monoisotopic (exact) mass is 324 g/mol. The average molecular weight is 325 g/mol. The predicted octanol–water partition coefficient (Wildman–Crippen LogP) is 5.31. The van der Waals surface area contributed by atoms with Gasteiger partial charge in [0.25, 0.3) is 0 Å². The van der Waals surface area contributed by atoms with Crippen LogP contribution in [0.5, 0.6) is 0 Å². The highest BCUT2D eigenvalue weighted by molar-refractivity contribution is 4.93. The fourth-order valence-corrected chi connectivity index (χ4v) is 5.84. The van der Waals surface area contributed by atoms with Crippen molar-refractivity contribution < 1.29 is 10.2 Å². The molecule has 0 aliphatic heterocycles. The van der Waals surface area contributed by atoms with E-state index in [4.69, 9.17) is 0 Å². The third-order valence-corrected chi connectivity index (χ3v) is 7.50. The van der Waals surface area contributed by atoms with E-state index < -0.39 is 0 Å². The summed E-state index contributed by atoms with van der Waals surface area (Å²) in [4.78, 5) is 0. The van der Waals surface area contributed by atoms with Crippen molar-refractivity contribution >= 4 is 0 Å². The summed E-state index contributed by atoms with van der Waals surface area (Å²) in [5.41, 5.74) is 0.717. The van der Waals surface area contributed by atoms with Crippen LogP contribution in [0, 0.1) is 22.7 Å². The molecule has 2 unspecified atom stereocenters. The summed E-state index contributed by atoms with van der Waals surface area (Å²) in [6.45, 7) is 9.49. The first-order valence-electron chi connectivity index (χ1n) is 10.2. The van der Waals surface area contributed by atoms with Crippen LogP contribution < -0.4 is 0 Å². The van der Waals surface area contributed by atoms with E-state index in [1.54, 1.807) is 0 Å². The molecular weight excluding hydrogens is 284 g/mol. The van der Waals surface area contributed by atoms with E-state index in [1.807, 2.05) is 0 Å². The van der Waals surface area contributed by atoms with E-state index in [1.165, 1.54) is 38.5 Å². The maximum Gasteiger partial charge on any atom is 0.0546 e. The second-order valence-corrected chi connectivity index (χ2v) is 9.27. The van der Waals surface area contributed by atoms with Crippen LogP contribution in [0.2, 0.25) is 0 Å². The van der Waals surface area contributed by atoms with E-state index in [2.05, 4.69) is 27.7 Å². The first kappa shape index (κ1) is 19.2. The fraction of sp³-hybridized carbons (Fsp3) is 1.00. The van der Waals surface area contributed by atoms with Gasteiger partial charge in [0.15, 0.2) is 0 Å². The van der Waals surface area contributed by atoms with Crippen LogP contribution in [-0.2, 0) is 0 Å². The molecule has 2 nitrogen and oxygen atoms in total. The van der Waals surface area contributed by atoms with Gasteiger partial charge in [0, 0.05) is 0 Å². The molecule has 0 heterocycles. The van der Waals surface area contributed by atoms with Crippen LogP contribution in [0.3, 0.4) is 0 Å². The third-order valence-electron chi connectivity index (χ3n) is 7.50. The molecule has 0 aromatic heterocycles. The second-order valence-electron chi connectivity index (χ2n) is 9.27. The van der Waals surface area contributed by atoms with Gasteiger partial charge in [0.05, 0.1) is 12.2 Å². The Morgan fingerprint density at radius 2 is 1.61 bits per heavy atom. The van der Waals surface area contributed by atoms with Gasteiger partial charge < -0.3 is 10.2 Å². The highest BCUT2D eigenvalue weighted by Gasteiger charge is 2.42. The zero-order valence-corrected chi connectivity index (χ0v) is 16.0. The Balaban J connectivity index is 2.18. The molecule has 2 aliphatic rings. The normalized spacial score (nSPS) is 46.2. The highest BCUT2D eigenvalue weighted by Crippen LogP contribution is 2.51. The Morgan fingerprint density at radius 1 is 0.913 bits per heavy atom. The lowest BCUT2D eigenvalue weighted by Gasteiger charge is -2.47. The maximum atomic E-state index is 10.8. The molecule has 0 spiro atoms. The van der Waals surface area contributed by atoms with Crippen molar-refractivity contribution in [3.63, 3.8) is 0 Å². The summed E-state index contributed by atoms with van der Waals surface area (Å²) in [6.07, 6.45) is 12.1. The molecular formula is C21H40O2. The van der Waals surface area contributed by atoms with Gasteiger partial charge >= 0.3 is 0 Å². The Morgan fingerprint density at radius 3 is 2.26 bits per heavy atom. The van der Waals surface area contributed by atoms with Gasteiger partial charge in [-0.2, -0.15) is 0 Å². The van der Waals surface area contributed by atoms with Gasteiger partial charge in [-0.05, 0) is 74.0 Å². The molecule has 2 rings (SSSR count). The molecule has 2 saturated carbocycles. The lowest BCUT2D eigenvalue weighted by Crippen LogP contribution is -2.40. The summed E-state index contributed by atoms with van der Waals surface area (Å²) in [5.74, 6) is 1.13. The van der Waals surface area contributed by atoms with E-state index in [0.717, 1.165) is 32.1 Å². The Bertz CT molecular complexity index is 369. The standard InChI is InChI=1S/C21H40O2/c1-5-9-20(3)10-7-11-21(4)12-8-18(22)14-17(21)15-19(23)13-16(20)6-2/h16-19,22-23H,5-15H2,1-4H3/t16?,17?,18-,19+,20-,21-/m0/s1. The van der Waals surface area contributed by atoms with Crippen LogP contribution in [0.1, 0.15) is 98.3 Å². The van der Waals surface area contributed by atoms with Gasteiger partial charge in [-0.1, -0.05) is 47.0 Å². The molecule has 2 N–H and O–H groups in total. The molecule has 0 saturated heterocycles. The number of aliphatic hydroxyl groups is 2. The zero-order chi connectivity index (χ0) is 17.1. The van der Waals surface area contributed by atoms with Crippen LogP contribution in [-0.4, -0.2) is 22.4 Å². The smallest absolute Gasteiger partial charge is 0.0546 e. The minimum atomic E-state index is -0.191. The number of rotatable bonds is 3. The van der Waals surface area contributed by atoms with Crippen molar-refractivity contribution in [2.24, 2.45) is 22.7 Å². The van der Waals surface area contributed by atoms with Crippen molar-refractivity contribution in [3.8, 4) is 0 Å². The quantitative estimate of drug-likeness (QED) is 0.738. The SMILES string of the molecule is CCC[C@@]1(C)CCC[C@@]2(C)CC[C@H](O)CC2C[C@H](O)CC1CC. The second kappa shape index (κ2) is 7.87. The first-order valence-corrected chi connectivity index (χ1v) is 10.2. The summed E-state index contributed by atoms with van der Waals surface area (Å²) < 4.78 is 0. The van der Waals surface area contributed by atoms with Crippen molar-refractivity contribution in [1.82, 2.24) is 0 Å². The molecule has 23 heavy (non-hydrogen) atoms. The van der Waals surface area contributed by atoms with Crippen LogP contribution in [0.25, 0.3) is 0 Å². The zero-order valence-electron chi connectivity index (χ0n) is 16.0. The average Bonchev–Trinajstić information content (AvgIpc) is 2.48. The third kappa shape index (κ3) is 4.51. The molecule has 2 heteroatoms. The van der Waals surface area contributed by atoms with Gasteiger partial charge in [0.2, 0.25) is 0 Å². The molecule has 0 radical (unpaired) electrons. The first-order chi connectivity index (χ1) is 10.8. The summed E-state index contributed by atoms with van der Waals surface area (Å²) in [5, 5.41) is 20.9. The number of fused-ring (bicyclic) bond motifs is 1. The van der Waals surface area contributed by atoms with Crippen LogP contribution in [0.15, 0.2) is 0 Å².